The number of hydrogen-bond donors (Lipinski definition) is 2. The van der Waals surface area contributed by atoms with E-state index in [2.05, 4.69) is 15.5 Å². The number of aromatic nitrogens is 3. The lowest BCUT2D eigenvalue weighted by molar-refractivity contribution is -0.113. The van der Waals surface area contributed by atoms with Gasteiger partial charge in [0.2, 0.25) is 15.9 Å². The van der Waals surface area contributed by atoms with E-state index in [1.54, 1.807) is 16.7 Å². The minimum atomic E-state index is -3.49. The summed E-state index contributed by atoms with van der Waals surface area (Å²) in [5.74, 6) is -0.148. The summed E-state index contributed by atoms with van der Waals surface area (Å²) in [4.78, 5) is 24.2. The van der Waals surface area contributed by atoms with Gasteiger partial charge in [0.25, 0.3) is 0 Å². The molecule has 0 atom stereocenters. The van der Waals surface area contributed by atoms with Gasteiger partial charge in [-0.2, -0.15) is 4.31 Å². The van der Waals surface area contributed by atoms with Crippen LogP contribution in [0, 0.1) is 0 Å². The van der Waals surface area contributed by atoms with E-state index >= 15 is 0 Å². The van der Waals surface area contributed by atoms with Crippen LogP contribution < -0.4 is 11.0 Å². The molecular weight excluding hydrogens is 414 g/mol. The van der Waals surface area contributed by atoms with E-state index in [-0.39, 0.29) is 28.3 Å². The van der Waals surface area contributed by atoms with Crippen LogP contribution in [0.1, 0.15) is 38.1 Å². The van der Waals surface area contributed by atoms with Gasteiger partial charge in [-0.1, -0.05) is 18.2 Å². The molecule has 2 heterocycles. The van der Waals surface area contributed by atoms with Gasteiger partial charge in [0.1, 0.15) is 0 Å². The molecule has 0 bridgehead atoms. The SMILES string of the molecule is O=C(CSc1n[nH]c(=O)n1C1CC1)Nc1ccc(S(=O)(=O)N2CCCCC2)cc1. The Hall–Kier alpha value is -2.11. The van der Waals surface area contributed by atoms with Crippen molar-refractivity contribution < 1.29 is 13.2 Å². The summed E-state index contributed by atoms with van der Waals surface area (Å²) < 4.78 is 28.5. The quantitative estimate of drug-likeness (QED) is 0.638. The monoisotopic (exact) mass is 437 g/mol. The maximum Gasteiger partial charge on any atom is 0.344 e. The fourth-order valence-corrected chi connectivity index (χ4v) is 5.67. The van der Waals surface area contributed by atoms with E-state index < -0.39 is 10.0 Å². The van der Waals surface area contributed by atoms with Crippen molar-refractivity contribution in [2.45, 2.75) is 48.2 Å². The molecule has 0 spiro atoms. The number of hydrogen-bond acceptors (Lipinski definition) is 6. The van der Waals surface area contributed by atoms with Crippen molar-refractivity contribution in [2.75, 3.05) is 24.2 Å². The van der Waals surface area contributed by atoms with Crippen molar-refractivity contribution in [3.05, 3.63) is 34.7 Å². The minimum absolute atomic E-state index is 0.102. The first-order valence-electron chi connectivity index (χ1n) is 9.65. The number of benzene rings is 1. The number of carbonyl (C=O) groups is 1. The number of anilines is 1. The maximum atomic E-state index is 12.7. The van der Waals surface area contributed by atoms with E-state index in [0.29, 0.717) is 23.9 Å². The highest BCUT2D eigenvalue weighted by Crippen LogP contribution is 2.36. The second kappa shape index (κ2) is 8.33. The summed E-state index contributed by atoms with van der Waals surface area (Å²) in [5, 5.41) is 9.66. The zero-order valence-corrected chi connectivity index (χ0v) is 17.5. The van der Waals surface area contributed by atoms with Gasteiger partial charge in [-0.05, 0) is 49.9 Å². The Morgan fingerprint density at radius 1 is 1.17 bits per heavy atom. The van der Waals surface area contributed by atoms with Gasteiger partial charge in [0.15, 0.2) is 5.16 Å². The van der Waals surface area contributed by atoms with Gasteiger partial charge >= 0.3 is 5.69 Å². The van der Waals surface area contributed by atoms with Crippen molar-refractivity contribution in [2.24, 2.45) is 0 Å². The lowest BCUT2D eigenvalue weighted by Gasteiger charge is -2.25. The smallest absolute Gasteiger partial charge is 0.325 e. The molecule has 2 aromatic rings. The number of sulfonamides is 1. The van der Waals surface area contributed by atoms with Crippen LogP contribution >= 0.6 is 11.8 Å². The number of nitrogens with zero attached hydrogens (tertiary/aromatic N) is 3. The van der Waals surface area contributed by atoms with Crippen LogP contribution in [-0.2, 0) is 14.8 Å². The van der Waals surface area contributed by atoms with E-state index in [9.17, 15) is 18.0 Å². The van der Waals surface area contributed by atoms with Gasteiger partial charge in [-0.25, -0.2) is 18.3 Å². The van der Waals surface area contributed by atoms with Crippen LogP contribution in [0.3, 0.4) is 0 Å². The van der Waals surface area contributed by atoms with Crippen LogP contribution in [0.15, 0.2) is 39.1 Å². The molecule has 9 nitrogen and oxygen atoms in total. The third kappa shape index (κ3) is 4.57. The molecule has 1 amide bonds. The van der Waals surface area contributed by atoms with Crippen molar-refractivity contribution in [1.82, 2.24) is 19.1 Å². The Kier molecular flexibility index (Phi) is 5.79. The van der Waals surface area contributed by atoms with Gasteiger partial charge in [-0.3, -0.25) is 9.36 Å². The summed E-state index contributed by atoms with van der Waals surface area (Å²) in [6.07, 6.45) is 4.73. The van der Waals surface area contributed by atoms with Crippen LogP contribution in [0.4, 0.5) is 5.69 Å². The Balaban J connectivity index is 1.35. The lowest BCUT2D eigenvalue weighted by atomic mass is 10.2. The molecule has 11 heteroatoms. The normalized spacial score (nSPS) is 17.9. The van der Waals surface area contributed by atoms with Crippen molar-refractivity contribution in [3.8, 4) is 0 Å². The Bertz CT molecular complexity index is 1030. The number of H-pyrrole nitrogens is 1. The third-order valence-electron chi connectivity index (χ3n) is 5.01. The molecule has 1 aliphatic carbocycles. The number of carbonyl (C=O) groups excluding carboxylic acids is 1. The first-order chi connectivity index (χ1) is 13.9. The van der Waals surface area contributed by atoms with Crippen molar-refractivity contribution >= 4 is 33.4 Å². The minimum Gasteiger partial charge on any atom is -0.325 e. The predicted octanol–water partition coefficient (Wildman–Crippen LogP) is 1.81. The molecule has 0 unspecified atom stereocenters. The Labute approximate surface area is 172 Å². The predicted molar refractivity (Wildman–Crippen MR) is 110 cm³/mol. The Morgan fingerprint density at radius 3 is 2.52 bits per heavy atom. The molecule has 0 radical (unpaired) electrons. The topological polar surface area (TPSA) is 117 Å². The van der Waals surface area contributed by atoms with E-state index in [1.807, 2.05) is 0 Å². The zero-order valence-electron chi connectivity index (χ0n) is 15.8. The third-order valence-corrected chi connectivity index (χ3v) is 7.87. The highest BCUT2D eigenvalue weighted by atomic mass is 32.2. The standard InChI is InChI=1S/C18H23N5O4S2/c24-16(12-28-18-21-20-17(25)23(18)14-6-7-14)19-13-4-8-15(9-5-13)29(26,27)22-10-2-1-3-11-22/h4-5,8-9,14H,1-3,6-7,10-12H2,(H,19,24)(H,20,25). The highest BCUT2D eigenvalue weighted by molar-refractivity contribution is 7.99. The lowest BCUT2D eigenvalue weighted by Crippen LogP contribution is -2.35. The van der Waals surface area contributed by atoms with E-state index in [1.165, 1.54) is 28.2 Å². The average Bonchev–Trinajstić information content (AvgIpc) is 3.49. The second-order valence-corrected chi connectivity index (χ2v) is 10.1. The first-order valence-corrected chi connectivity index (χ1v) is 12.1. The molecule has 2 fully saturated rings. The molecule has 1 aromatic carbocycles. The summed E-state index contributed by atoms with van der Waals surface area (Å²) >= 11 is 1.20. The van der Waals surface area contributed by atoms with Gasteiger partial charge < -0.3 is 5.32 Å². The second-order valence-electron chi connectivity index (χ2n) is 7.24. The maximum absolute atomic E-state index is 12.7. The summed E-state index contributed by atoms with van der Waals surface area (Å²) in [5.41, 5.74) is 0.274. The molecule has 1 saturated heterocycles. The zero-order chi connectivity index (χ0) is 20.4. The van der Waals surface area contributed by atoms with Crippen LogP contribution in [0.5, 0.6) is 0 Å². The average molecular weight is 438 g/mol. The molecular formula is C18H23N5O4S2. The number of piperidine rings is 1. The Morgan fingerprint density at radius 2 is 1.86 bits per heavy atom. The van der Waals surface area contributed by atoms with Crippen molar-refractivity contribution in [1.29, 1.82) is 0 Å². The molecule has 4 rings (SSSR count). The fraction of sp³-hybridized carbons (Fsp3) is 0.500. The fourth-order valence-electron chi connectivity index (χ4n) is 3.34. The molecule has 29 heavy (non-hydrogen) atoms. The number of nitrogens with one attached hydrogen (secondary N) is 2. The first kappa shape index (κ1) is 20.2. The van der Waals surface area contributed by atoms with E-state index in [0.717, 1.165) is 32.1 Å². The molecule has 156 valence electrons. The van der Waals surface area contributed by atoms with Crippen molar-refractivity contribution in [3.63, 3.8) is 0 Å². The number of thioether (sulfide) groups is 1. The summed E-state index contributed by atoms with van der Waals surface area (Å²) in [6, 6.07) is 6.40. The largest absolute Gasteiger partial charge is 0.344 e. The number of rotatable bonds is 7. The summed E-state index contributed by atoms with van der Waals surface area (Å²) in [6.45, 7) is 1.11. The molecule has 1 aliphatic heterocycles. The van der Waals surface area contributed by atoms with Crippen LogP contribution in [-0.4, -0.2) is 52.2 Å². The van der Waals surface area contributed by atoms with E-state index in [4.69, 9.17) is 0 Å². The number of aromatic amines is 1. The molecule has 1 aromatic heterocycles. The van der Waals surface area contributed by atoms with Crippen LogP contribution in [0.2, 0.25) is 0 Å². The van der Waals surface area contributed by atoms with Gasteiger partial charge in [0, 0.05) is 24.8 Å². The number of amides is 1. The van der Waals surface area contributed by atoms with Gasteiger partial charge in [-0.15, -0.1) is 5.10 Å². The molecule has 2 aliphatic rings. The molecule has 1 saturated carbocycles. The highest BCUT2D eigenvalue weighted by Gasteiger charge is 2.29. The van der Waals surface area contributed by atoms with Crippen LogP contribution in [0.25, 0.3) is 0 Å². The summed E-state index contributed by atoms with van der Waals surface area (Å²) in [7, 11) is -3.49. The molecule has 2 N–H and O–H groups in total. The van der Waals surface area contributed by atoms with Gasteiger partial charge in [0.05, 0.1) is 10.6 Å².